The molecule has 1 heterocycles. The predicted molar refractivity (Wildman–Crippen MR) is 67.5 cm³/mol. The van der Waals surface area contributed by atoms with Gasteiger partial charge in [-0.2, -0.15) is 0 Å². The Bertz CT molecular complexity index is 690. The summed E-state index contributed by atoms with van der Waals surface area (Å²) in [5, 5.41) is 21.9. The van der Waals surface area contributed by atoms with Crippen LogP contribution in [-0.2, 0) is 0 Å². The van der Waals surface area contributed by atoms with E-state index in [1.165, 1.54) is 24.4 Å². The number of rotatable bonds is 4. The van der Waals surface area contributed by atoms with Crippen molar-refractivity contribution in [2.75, 3.05) is 5.32 Å². The first-order chi connectivity index (χ1) is 9.47. The van der Waals surface area contributed by atoms with E-state index in [2.05, 4.69) is 10.3 Å². The van der Waals surface area contributed by atoms with Crippen molar-refractivity contribution in [2.24, 2.45) is 0 Å². The van der Waals surface area contributed by atoms with E-state index in [4.69, 9.17) is 5.11 Å². The van der Waals surface area contributed by atoms with Crippen LogP contribution in [-0.4, -0.2) is 21.0 Å². The number of halogens is 1. The number of hydrogen-bond donors (Lipinski definition) is 2. The molecular formula is C12H8FN3O4. The molecule has 0 amide bonds. The Morgan fingerprint density at radius 3 is 2.70 bits per heavy atom. The summed E-state index contributed by atoms with van der Waals surface area (Å²) >= 11 is 0. The van der Waals surface area contributed by atoms with Gasteiger partial charge in [0.25, 0.3) is 5.69 Å². The number of hydrogen-bond acceptors (Lipinski definition) is 5. The molecule has 1 aromatic carbocycles. The van der Waals surface area contributed by atoms with Crippen LogP contribution in [0.2, 0.25) is 0 Å². The summed E-state index contributed by atoms with van der Waals surface area (Å²) in [5.41, 5.74) is -0.409. The summed E-state index contributed by atoms with van der Waals surface area (Å²) < 4.78 is 13.7. The van der Waals surface area contributed by atoms with E-state index in [1.54, 1.807) is 0 Å². The molecule has 0 aliphatic rings. The van der Waals surface area contributed by atoms with E-state index in [9.17, 15) is 19.3 Å². The maximum atomic E-state index is 13.7. The lowest BCUT2D eigenvalue weighted by atomic mass is 10.2. The topological polar surface area (TPSA) is 105 Å². The van der Waals surface area contributed by atoms with E-state index >= 15 is 0 Å². The minimum Gasteiger partial charge on any atom is -0.478 e. The molecule has 0 aliphatic carbocycles. The van der Waals surface area contributed by atoms with Crippen LogP contribution >= 0.6 is 0 Å². The van der Waals surface area contributed by atoms with Crippen LogP contribution in [0.15, 0.2) is 36.5 Å². The molecule has 0 saturated carbocycles. The number of anilines is 2. The monoisotopic (exact) mass is 277 g/mol. The zero-order chi connectivity index (χ0) is 14.7. The normalized spacial score (nSPS) is 10.1. The summed E-state index contributed by atoms with van der Waals surface area (Å²) in [6, 6.07) is 5.63. The molecule has 1 aromatic heterocycles. The Hall–Kier alpha value is -3.03. The van der Waals surface area contributed by atoms with Crippen molar-refractivity contribution in [3.05, 3.63) is 58.0 Å². The molecule has 102 valence electrons. The number of benzene rings is 1. The van der Waals surface area contributed by atoms with Crippen molar-refractivity contribution in [3.63, 3.8) is 0 Å². The third-order valence-electron chi connectivity index (χ3n) is 2.43. The lowest BCUT2D eigenvalue weighted by molar-refractivity contribution is -0.384. The highest BCUT2D eigenvalue weighted by molar-refractivity contribution is 5.88. The van der Waals surface area contributed by atoms with Gasteiger partial charge in [0.15, 0.2) is 0 Å². The second-order valence-electron chi connectivity index (χ2n) is 3.78. The first-order valence-corrected chi connectivity index (χ1v) is 5.37. The summed E-state index contributed by atoms with van der Waals surface area (Å²) in [6.07, 6.45) is 1.21. The minimum absolute atomic E-state index is 0.0250. The lowest BCUT2D eigenvalue weighted by Gasteiger charge is -2.07. The van der Waals surface area contributed by atoms with Gasteiger partial charge in [0.2, 0.25) is 0 Å². The van der Waals surface area contributed by atoms with E-state index in [0.29, 0.717) is 0 Å². The molecule has 0 aliphatic heterocycles. The first-order valence-electron chi connectivity index (χ1n) is 5.37. The molecular weight excluding hydrogens is 269 g/mol. The molecule has 0 saturated heterocycles. The molecule has 20 heavy (non-hydrogen) atoms. The number of carbonyl (C=O) groups is 1. The number of aromatic nitrogens is 1. The van der Waals surface area contributed by atoms with Crippen molar-refractivity contribution in [3.8, 4) is 0 Å². The second-order valence-corrected chi connectivity index (χ2v) is 3.78. The number of nitrogens with zero attached hydrogens (tertiary/aromatic N) is 2. The summed E-state index contributed by atoms with van der Waals surface area (Å²) in [6.45, 7) is 0. The standard InChI is InChI=1S/C12H8FN3O4/c13-9-5-7(12(17)18)1-2-10(9)15-11-6-8(16(19)20)3-4-14-11/h1-6H,(H,14,15)(H,17,18). The molecule has 2 N–H and O–H groups in total. The van der Waals surface area contributed by atoms with Gasteiger partial charge in [-0.05, 0) is 18.2 Å². The smallest absolute Gasteiger partial charge is 0.335 e. The number of carboxylic acid groups (broad SMARTS) is 1. The van der Waals surface area contributed by atoms with Crippen LogP contribution in [0.4, 0.5) is 21.6 Å². The van der Waals surface area contributed by atoms with Gasteiger partial charge < -0.3 is 10.4 Å². The Balaban J connectivity index is 2.28. The van der Waals surface area contributed by atoms with Crippen molar-refractivity contribution in [1.29, 1.82) is 0 Å². The van der Waals surface area contributed by atoms with E-state index in [-0.39, 0.29) is 22.8 Å². The van der Waals surface area contributed by atoms with Crippen molar-refractivity contribution < 1.29 is 19.2 Å². The predicted octanol–water partition coefficient (Wildman–Crippen LogP) is 2.57. The van der Waals surface area contributed by atoms with Crippen molar-refractivity contribution >= 4 is 23.2 Å². The molecule has 0 atom stereocenters. The molecule has 0 unspecified atom stereocenters. The van der Waals surface area contributed by atoms with Gasteiger partial charge in [-0.25, -0.2) is 14.2 Å². The highest BCUT2D eigenvalue weighted by Gasteiger charge is 2.11. The fourth-order valence-electron chi connectivity index (χ4n) is 1.49. The highest BCUT2D eigenvalue weighted by atomic mass is 19.1. The maximum absolute atomic E-state index is 13.7. The number of pyridine rings is 1. The van der Waals surface area contributed by atoms with E-state index in [0.717, 1.165) is 12.1 Å². The van der Waals surface area contributed by atoms with Gasteiger partial charge in [0, 0.05) is 12.3 Å². The largest absolute Gasteiger partial charge is 0.478 e. The Kier molecular flexibility index (Phi) is 3.56. The molecule has 2 rings (SSSR count). The zero-order valence-corrected chi connectivity index (χ0v) is 9.91. The van der Waals surface area contributed by atoms with Crippen LogP contribution < -0.4 is 5.32 Å². The highest BCUT2D eigenvalue weighted by Crippen LogP contribution is 2.22. The Labute approximate surface area is 111 Å². The Morgan fingerprint density at radius 2 is 2.10 bits per heavy atom. The van der Waals surface area contributed by atoms with Crippen molar-refractivity contribution in [2.45, 2.75) is 0 Å². The molecule has 0 fully saturated rings. The average Bonchev–Trinajstić information content (AvgIpc) is 2.41. The third kappa shape index (κ3) is 2.86. The first kappa shape index (κ1) is 13.4. The fraction of sp³-hybridized carbons (Fsp3) is 0. The summed E-state index contributed by atoms with van der Waals surface area (Å²) in [5.74, 6) is -1.96. The van der Waals surface area contributed by atoms with Gasteiger partial charge in [0.1, 0.15) is 11.6 Å². The molecule has 0 radical (unpaired) electrons. The summed E-state index contributed by atoms with van der Waals surface area (Å²) in [4.78, 5) is 24.5. The molecule has 0 spiro atoms. The lowest BCUT2D eigenvalue weighted by Crippen LogP contribution is -2.01. The third-order valence-corrected chi connectivity index (χ3v) is 2.43. The summed E-state index contributed by atoms with van der Waals surface area (Å²) in [7, 11) is 0. The molecule has 7 nitrogen and oxygen atoms in total. The minimum atomic E-state index is -1.25. The quantitative estimate of drug-likeness (QED) is 0.657. The van der Waals surface area contributed by atoms with Crippen LogP contribution in [0.3, 0.4) is 0 Å². The van der Waals surface area contributed by atoms with Crippen molar-refractivity contribution in [1.82, 2.24) is 4.98 Å². The van der Waals surface area contributed by atoms with Crippen LogP contribution in [0, 0.1) is 15.9 Å². The fourth-order valence-corrected chi connectivity index (χ4v) is 1.49. The number of nitro groups is 1. The van der Waals surface area contributed by atoms with E-state index in [1.807, 2.05) is 0 Å². The van der Waals surface area contributed by atoms with Gasteiger partial charge in [-0.3, -0.25) is 10.1 Å². The van der Waals surface area contributed by atoms with Crippen LogP contribution in [0.1, 0.15) is 10.4 Å². The zero-order valence-electron chi connectivity index (χ0n) is 9.91. The Morgan fingerprint density at radius 1 is 1.35 bits per heavy atom. The van der Waals surface area contributed by atoms with E-state index < -0.39 is 16.7 Å². The van der Waals surface area contributed by atoms with Gasteiger partial charge in [0.05, 0.1) is 22.2 Å². The second kappa shape index (κ2) is 5.31. The number of nitrogens with one attached hydrogen (secondary N) is 1. The SMILES string of the molecule is O=C(O)c1ccc(Nc2cc([N+](=O)[O-])ccn2)c(F)c1. The molecule has 0 bridgehead atoms. The van der Waals surface area contributed by atoms with Gasteiger partial charge in [-0.1, -0.05) is 0 Å². The van der Waals surface area contributed by atoms with Crippen LogP contribution in [0.5, 0.6) is 0 Å². The molecule has 8 heteroatoms. The average molecular weight is 277 g/mol. The van der Waals surface area contributed by atoms with Crippen LogP contribution in [0.25, 0.3) is 0 Å². The number of aromatic carboxylic acids is 1. The van der Waals surface area contributed by atoms with Gasteiger partial charge >= 0.3 is 5.97 Å². The number of carboxylic acids is 1. The maximum Gasteiger partial charge on any atom is 0.335 e. The van der Waals surface area contributed by atoms with Gasteiger partial charge in [-0.15, -0.1) is 0 Å². The molecule has 2 aromatic rings.